The van der Waals surface area contributed by atoms with Gasteiger partial charge in [0, 0.05) is 10.4 Å². The van der Waals surface area contributed by atoms with E-state index in [1.54, 1.807) is 31.4 Å². The van der Waals surface area contributed by atoms with Gasteiger partial charge in [-0.15, -0.1) is 11.3 Å². The van der Waals surface area contributed by atoms with Gasteiger partial charge in [-0.05, 0) is 54.5 Å². The summed E-state index contributed by atoms with van der Waals surface area (Å²) in [4.78, 5) is 39.8. The number of amides is 1. The summed E-state index contributed by atoms with van der Waals surface area (Å²) in [6, 6.07) is 5.73. The van der Waals surface area contributed by atoms with Crippen LogP contribution >= 0.6 is 11.3 Å². The molecule has 0 bridgehead atoms. The first kappa shape index (κ1) is 23.8. The molecule has 3 rings (SSSR count). The lowest BCUT2D eigenvalue weighted by molar-refractivity contribution is -0.150. The van der Waals surface area contributed by atoms with E-state index < -0.39 is 47.1 Å². The number of carboxylic acids is 2. The van der Waals surface area contributed by atoms with Gasteiger partial charge in [0.2, 0.25) is 0 Å². The number of carbonyl (C=O) groups is 3. The quantitative estimate of drug-likeness (QED) is 0.626. The van der Waals surface area contributed by atoms with E-state index in [-0.39, 0.29) is 24.3 Å². The zero-order valence-electron chi connectivity index (χ0n) is 17.3. The number of hydrogen-bond donors (Lipinski definition) is 2. The van der Waals surface area contributed by atoms with Gasteiger partial charge >= 0.3 is 18.1 Å². The third kappa shape index (κ3) is 4.23. The predicted molar refractivity (Wildman–Crippen MR) is 110 cm³/mol. The van der Waals surface area contributed by atoms with Crippen LogP contribution in [0.5, 0.6) is 0 Å². The SMILES string of the molecule is CC(C)C[C@@]1(C(=O)O)C[C@@H](C(=O)O)[C@@H](c2cccs2)N1C(=O)c1ccc(C(F)(F)F)cc1. The molecule has 1 aromatic heterocycles. The van der Waals surface area contributed by atoms with E-state index in [4.69, 9.17) is 0 Å². The number of alkyl halides is 3. The van der Waals surface area contributed by atoms with Crippen molar-refractivity contribution in [2.75, 3.05) is 0 Å². The topological polar surface area (TPSA) is 94.9 Å². The Morgan fingerprint density at radius 2 is 1.78 bits per heavy atom. The van der Waals surface area contributed by atoms with Crippen LogP contribution in [0.2, 0.25) is 0 Å². The number of benzene rings is 1. The lowest BCUT2D eigenvalue weighted by Gasteiger charge is -2.39. The summed E-state index contributed by atoms with van der Waals surface area (Å²) in [5, 5.41) is 21.8. The van der Waals surface area contributed by atoms with E-state index in [9.17, 15) is 37.8 Å². The molecule has 2 aromatic rings. The molecule has 1 fully saturated rings. The van der Waals surface area contributed by atoms with Gasteiger partial charge in [-0.25, -0.2) is 4.79 Å². The Morgan fingerprint density at radius 3 is 2.22 bits per heavy atom. The Bertz CT molecular complexity index is 1000. The van der Waals surface area contributed by atoms with Crippen molar-refractivity contribution in [3.63, 3.8) is 0 Å². The average molecular weight is 469 g/mol. The minimum absolute atomic E-state index is 0.000360. The Labute approximate surface area is 186 Å². The van der Waals surface area contributed by atoms with E-state index in [2.05, 4.69) is 0 Å². The van der Waals surface area contributed by atoms with Crippen LogP contribution in [0.4, 0.5) is 13.2 Å². The van der Waals surface area contributed by atoms with E-state index in [0.717, 1.165) is 29.2 Å². The van der Waals surface area contributed by atoms with Crippen LogP contribution in [0.15, 0.2) is 41.8 Å². The van der Waals surface area contributed by atoms with Crippen molar-refractivity contribution >= 4 is 29.2 Å². The van der Waals surface area contributed by atoms with Crippen LogP contribution in [0, 0.1) is 11.8 Å². The number of nitrogens with zero attached hydrogens (tertiary/aromatic N) is 1. The van der Waals surface area contributed by atoms with Gasteiger partial charge in [0.25, 0.3) is 5.91 Å². The fourth-order valence-corrected chi connectivity index (χ4v) is 5.30. The second-order valence-electron chi connectivity index (χ2n) is 8.29. The zero-order chi connectivity index (χ0) is 23.8. The van der Waals surface area contributed by atoms with Crippen LogP contribution in [-0.4, -0.2) is 38.5 Å². The molecule has 0 saturated carbocycles. The predicted octanol–water partition coefficient (Wildman–Crippen LogP) is 4.92. The van der Waals surface area contributed by atoms with Crippen LogP contribution in [-0.2, 0) is 15.8 Å². The number of carbonyl (C=O) groups excluding carboxylic acids is 1. The molecule has 0 spiro atoms. The van der Waals surface area contributed by atoms with Crippen LogP contribution < -0.4 is 0 Å². The maximum Gasteiger partial charge on any atom is 0.416 e. The van der Waals surface area contributed by atoms with Gasteiger partial charge in [0.15, 0.2) is 0 Å². The molecule has 1 amide bonds. The van der Waals surface area contributed by atoms with Crippen molar-refractivity contribution in [1.82, 2.24) is 4.90 Å². The van der Waals surface area contributed by atoms with Crippen molar-refractivity contribution in [1.29, 1.82) is 0 Å². The Balaban J connectivity index is 2.17. The molecule has 10 heteroatoms. The van der Waals surface area contributed by atoms with E-state index in [0.29, 0.717) is 4.88 Å². The largest absolute Gasteiger partial charge is 0.481 e. The highest BCUT2D eigenvalue weighted by atomic mass is 32.1. The minimum atomic E-state index is -4.59. The van der Waals surface area contributed by atoms with Crippen molar-refractivity contribution in [3.05, 3.63) is 57.8 Å². The number of halogens is 3. The molecule has 3 atom stereocenters. The van der Waals surface area contributed by atoms with Gasteiger partial charge in [-0.3, -0.25) is 9.59 Å². The first-order valence-electron chi connectivity index (χ1n) is 9.89. The highest BCUT2D eigenvalue weighted by Crippen LogP contribution is 2.51. The lowest BCUT2D eigenvalue weighted by atomic mass is 9.83. The molecule has 32 heavy (non-hydrogen) atoms. The molecule has 1 aliphatic heterocycles. The highest BCUT2D eigenvalue weighted by molar-refractivity contribution is 7.10. The Morgan fingerprint density at radius 1 is 1.16 bits per heavy atom. The standard InChI is InChI=1S/C22H22F3NO5S/c1-12(2)10-21(20(30)31)11-15(19(28)29)17(16-4-3-9-32-16)26(21)18(27)13-5-7-14(8-6-13)22(23,24)25/h3-9,12,15,17H,10-11H2,1-2H3,(H,28,29)(H,30,31)/t15-,17+,21+/m1/s1. The summed E-state index contributed by atoms with van der Waals surface area (Å²) in [7, 11) is 0. The van der Waals surface area contributed by atoms with E-state index in [1.807, 2.05) is 0 Å². The molecular weight excluding hydrogens is 447 g/mol. The van der Waals surface area contributed by atoms with Gasteiger partial charge < -0.3 is 15.1 Å². The van der Waals surface area contributed by atoms with Gasteiger partial charge in [0.05, 0.1) is 17.5 Å². The molecule has 2 heterocycles. The fraction of sp³-hybridized carbons (Fsp3) is 0.409. The maximum atomic E-state index is 13.6. The van der Waals surface area contributed by atoms with Gasteiger partial charge in [-0.1, -0.05) is 19.9 Å². The molecule has 6 nitrogen and oxygen atoms in total. The van der Waals surface area contributed by atoms with Crippen molar-refractivity contribution in [2.45, 2.75) is 44.4 Å². The second-order valence-corrected chi connectivity index (χ2v) is 9.27. The van der Waals surface area contributed by atoms with E-state index >= 15 is 0 Å². The summed E-state index contributed by atoms with van der Waals surface area (Å²) >= 11 is 1.20. The molecule has 1 aliphatic rings. The first-order chi connectivity index (χ1) is 14.9. The summed E-state index contributed by atoms with van der Waals surface area (Å²) < 4.78 is 38.8. The second kappa shape index (κ2) is 8.57. The highest BCUT2D eigenvalue weighted by Gasteiger charge is 2.61. The lowest BCUT2D eigenvalue weighted by Crippen LogP contribution is -2.54. The number of likely N-dealkylation sites (tertiary alicyclic amines) is 1. The molecule has 0 aliphatic carbocycles. The number of thiophene rings is 1. The van der Waals surface area contributed by atoms with Crippen molar-refractivity contribution < 1.29 is 37.8 Å². The van der Waals surface area contributed by atoms with Crippen LogP contribution in [0.25, 0.3) is 0 Å². The minimum Gasteiger partial charge on any atom is -0.481 e. The van der Waals surface area contributed by atoms with Crippen LogP contribution in [0.1, 0.15) is 53.5 Å². The van der Waals surface area contributed by atoms with E-state index in [1.165, 1.54) is 11.3 Å². The summed E-state index contributed by atoms with van der Waals surface area (Å²) in [5.41, 5.74) is -2.90. The number of hydrogen-bond acceptors (Lipinski definition) is 4. The molecule has 2 N–H and O–H groups in total. The summed E-state index contributed by atoms with van der Waals surface area (Å²) in [6.45, 7) is 3.53. The Hall–Kier alpha value is -2.88. The third-order valence-electron chi connectivity index (χ3n) is 5.65. The fourth-order valence-electron chi connectivity index (χ4n) is 4.42. The molecule has 0 radical (unpaired) electrons. The average Bonchev–Trinajstić information content (AvgIpc) is 3.33. The van der Waals surface area contributed by atoms with Crippen LogP contribution in [0.3, 0.4) is 0 Å². The zero-order valence-corrected chi connectivity index (χ0v) is 18.1. The maximum absolute atomic E-state index is 13.6. The normalized spacial score (nSPS) is 23.5. The summed E-state index contributed by atoms with van der Waals surface area (Å²) in [6.07, 6.45) is -4.89. The van der Waals surface area contributed by atoms with Crippen molar-refractivity contribution in [2.24, 2.45) is 11.8 Å². The monoisotopic (exact) mass is 469 g/mol. The number of rotatable bonds is 6. The smallest absolute Gasteiger partial charge is 0.416 e. The van der Waals surface area contributed by atoms with Gasteiger partial charge in [-0.2, -0.15) is 13.2 Å². The molecule has 172 valence electrons. The molecule has 1 saturated heterocycles. The number of carboxylic acid groups (broad SMARTS) is 2. The Kier molecular flexibility index (Phi) is 6.37. The molecular formula is C22H22F3NO5S. The summed E-state index contributed by atoms with van der Waals surface area (Å²) in [5.74, 6) is -4.76. The third-order valence-corrected chi connectivity index (χ3v) is 6.59. The molecule has 1 aromatic carbocycles. The molecule has 0 unspecified atom stereocenters. The van der Waals surface area contributed by atoms with Gasteiger partial charge in [0.1, 0.15) is 5.54 Å². The first-order valence-corrected chi connectivity index (χ1v) is 10.8. The number of aliphatic carboxylic acids is 2. The van der Waals surface area contributed by atoms with Crippen molar-refractivity contribution in [3.8, 4) is 0 Å².